The van der Waals surface area contributed by atoms with Gasteiger partial charge in [-0.3, -0.25) is 0 Å². The Labute approximate surface area is 87.6 Å². The molecule has 0 aromatic carbocycles. The second kappa shape index (κ2) is 7.99. The Morgan fingerprint density at radius 2 is 1.71 bits per heavy atom. The van der Waals surface area contributed by atoms with Gasteiger partial charge in [-0.15, -0.1) is 0 Å². The van der Waals surface area contributed by atoms with Gasteiger partial charge in [-0.2, -0.15) is 0 Å². The van der Waals surface area contributed by atoms with Gasteiger partial charge in [0, 0.05) is 33.9 Å². The summed E-state index contributed by atoms with van der Waals surface area (Å²) in [5.41, 5.74) is 0. The number of allylic oxidation sites excluding steroid dienone is 1. The topological polar surface area (TPSA) is 39.7 Å². The molecule has 0 spiro atoms. The van der Waals surface area contributed by atoms with E-state index in [4.69, 9.17) is 13.3 Å². The molecule has 0 heterocycles. The third-order valence-electron chi connectivity index (χ3n) is 2.02. The summed E-state index contributed by atoms with van der Waals surface area (Å²) in [5.74, 6) is 0. The van der Waals surface area contributed by atoms with Gasteiger partial charge in [-0.05, 0) is 19.5 Å². The first-order valence-corrected chi connectivity index (χ1v) is 6.68. The Morgan fingerprint density at radius 1 is 1.14 bits per heavy atom. The van der Waals surface area contributed by atoms with Crippen LogP contribution in [0.25, 0.3) is 0 Å². The van der Waals surface area contributed by atoms with Crippen molar-refractivity contribution in [2.24, 2.45) is 0 Å². The highest BCUT2D eigenvalue weighted by molar-refractivity contribution is 6.60. The van der Waals surface area contributed by atoms with Gasteiger partial charge in [0.1, 0.15) is 0 Å². The fourth-order valence-corrected chi connectivity index (χ4v) is 2.89. The molecule has 0 aliphatic rings. The first kappa shape index (κ1) is 13.6. The van der Waals surface area contributed by atoms with Crippen LogP contribution in [0.15, 0.2) is 12.3 Å². The summed E-state index contributed by atoms with van der Waals surface area (Å²) in [6, 6.07) is 0.834. The molecule has 0 unspecified atom stereocenters. The molecular formula is C9H21NO3Si. The molecule has 0 aliphatic carbocycles. The van der Waals surface area contributed by atoms with Crippen molar-refractivity contribution in [1.82, 2.24) is 5.32 Å². The molecule has 0 saturated carbocycles. The van der Waals surface area contributed by atoms with Crippen LogP contribution >= 0.6 is 0 Å². The van der Waals surface area contributed by atoms with E-state index >= 15 is 0 Å². The zero-order valence-electron chi connectivity index (χ0n) is 9.50. The van der Waals surface area contributed by atoms with Crippen molar-refractivity contribution >= 4 is 8.80 Å². The van der Waals surface area contributed by atoms with Crippen molar-refractivity contribution in [3.8, 4) is 0 Å². The van der Waals surface area contributed by atoms with E-state index in [1.54, 1.807) is 21.3 Å². The van der Waals surface area contributed by atoms with E-state index in [0.717, 1.165) is 19.0 Å². The molecule has 0 aromatic heterocycles. The molecule has 14 heavy (non-hydrogen) atoms. The minimum absolute atomic E-state index is 0.834. The van der Waals surface area contributed by atoms with Gasteiger partial charge in [0.15, 0.2) is 0 Å². The molecule has 0 rings (SSSR count). The molecule has 0 amide bonds. The average Bonchev–Trinajstić information content (AvgIpc) is 2.24. The maximum absolute atomic E-state index is 5.29. The van der Waals surface area contributed by atoms with E-state index in [2.05, 4.69) is 5.32 Å². The van der Waals surface area contributed by atoms with Crippen LogP contribution in [-0.2, 0) is 13.3 Å². The number of hydrogen-bond acceptors (Lipinski definition) is 4. The summed E-state index contributed by atoms with van der Waals surface area (Å²) >= 11 is 0. The van der Waals surface area contributed by atoms with Crippen molar-refractivity contribution in [2.45, 2.75) is 19.4 Å². The normalized spacial score (nSPS) is 12.3. The van der Waals surface area contributed by atoms with Crippen LogP contribution < -0.4 is 5.32 Å². The Hall–Kier alpha value is -0.363. The minimum Gasteiger partial charge on any atom is -0.391 e. The summed E-state index contributed by atoms with van der Waals surface area (Å²) in [6.45, 7) is 2.89. The fraction of sp³-hybridized carbons (Fsp3) is 0.778. The van der Waals surface area contributed by atoms with Crippen LogP contribution in [0.2, 0.25) is 6.04 Å². The quantitative estimate of drug-likeness (QED) is 0.494. The Balaban J connectivity index is 3.71. The van der Waals surface area contributed by atoms with Crippen molar-refractivity contribution in [3.05, 3.63) is 12.3 Å². The van der Waals surface area contributed by atoms with Gasteiger partial charge in [0.05, 0.1) is 0 Å². The molecule has 0 aromatic rings. The van der Waals surface area contributed by atoms with Crippen LogP contribution in [-0.4, -0.2) is 36.7 Å². The Bertz CT molecular complexity index is 152. The van der Waals surface area contributed by atoms with Crippen LogP contribution in [0.3, 0.4) is 0 Å². The van der Waals surface area contributed by atoms with Gasteiger partial charge >= 0.3 is 8.80 Å². The highest BCUT2D eigenvalue weighted by Crippen LogP contribution is 2.14. The van der Waals surface area contributed by atoms with E-state index in [9.17, 15) is 0 Å². The first-order chi connectivity index (χ1) is 6.74. The van der Waals surface area contributed by atoms with Crippen molar-refractivity contribution < 1.29 is 13.3 Å². The monoisotopic (exact) mass is 219 g/mol. The predicted molar refractivity (Wildman–Crippen MR) is 59.0 cm³/mol. The van der Waals surface area contributed by atoms with Gasteiger partial charge < -0.3 is 18.6 Å². The maximum Gasteiger partial charge on any atom is 0.500 e. The smallest absolute Gasteiger partial charge is 0.391 e. The lowest BCUT2D eigenvalue weighted by Gasteiger charge is -2.24. The summed E-state index contributed by atoms with van der Waals surface area (Å²) in [7, 11) is 2.57. The summed E-state index contributed by atoms with van der Waals surface area (Å²) in [4.78, 5) is 0. The summed E-state index contributed by atoms with van der Waals surface area (Å²) < 4.78 is 15.9. The van der Waals surface area contributed by atoms with Crippen molar-refractivity contribution in [3.63, 3.8) is 0 Å². The highest BCUT2D eigenvalue weighted by atomic mass is 28.4. The molecule has 0 saturated heterocycles. The molecule has 0 bridgehead atoms. The van der Waals surface area contributed by atoms with E-state index in [-0.39, 0.29) is 0 Å². The fourth-order valence-electron chi connectivity index (χ4n) is 1.16. The highest BCUT2D eigenvalue weighted by Gasteiger charge is 2.36. The van der Waals surface area contributed by atoms with Crippen LogP contribution in [0.5, 0.6) is 0 Å². The summed E-state index contributed by atoms with van der Waals surface area (Å²) in [5, 5.41) is 3.15. The van der Waals surface area contributed by atoms with Crippen LogP contribution in [0.4, 0.5) is 0 Å². The number of nitrogens with one attached hydrogen (secondary N) is 1. The van der Waals surface area contributed by atoms with E-state index < -0.39 is 8.80 Å². The Kier molecular flexibility index (Phi) is 7.78. The molecule has 5 heteroatoms. The second-order valence-corrected chi connectivity index (χ2v) is 5.94. The van der Waals surface area contributed by atoms with E-state index in [1.807, 2.05) is 19.2 Å². The molecule has 4 nitrogen and oxygen atoms in total. The lowest BCUT2D eigenvalue weighted by atomic mass is 10.5. The molecule has 84 valence electrons. The van der Waals surface area contributed by atoms with E-state index in [0.29, 0.717) is 0 Å². The molecule has 0 radical (unpaired) electrons. The predicted octanol–water partition coefficient (Wildman–Crippen LogP) is 1.38. The van der Waals surface area contributed by atoms with Gasteiger partial charge in [-0.1, -0.05) is 6.08 Å². The average molecular weight is 219 g/mol. The number of rotatable bonds is 8. The van der Waals surface area contributed by atoms with E-state index in [1.165, 1.54) is 0 Å². The first-order valence-electron chi connectivity index (χ1n) is 4.74. The lowest BCUT2D eigenvalue weighted by molar-refractivity contribution is 0.123. The molecule has 0 fully saturated rings. The van der Waals surface area contributed by atoms with Crippen molar-refractivity contribution in [1.29, 1.82) is 0 Å². The van der Waals surface area contributed by atoms with Gasteiger partial charge in [-0.25, -0.2) is 0 Å². The summed E-state index contributed by atoms with van der Waals surface area (Å²) in [6.07, 6.45) is 4.87. The molecular weight excluding hydrogens is 198 g/mol. The van der Waals surface area contributed by atoms with Crippen LogP contribution in [0, 0.1) is 0 Å². The zero-order valence-corrected chi connectivity index (χ0v) is 10.5. The zero-order chi connectivity index (χ0) is 10.9. The second-order valence-electron chi connectivity index (χ2n) is 2.85. The molecule has 0 atom stereocenters. The van der Waals surface area contributed by atoms with Crippen LogP contribution in [0.1, 0.15) is 13.3 Å². The maximum atomic E-state index is 5.29. The van der Waals surface area contributed by atoms with Gasteiger partial charge in [0.25, 0.3) is 0 Å². The van der Waals surface area contributed by atoms with Crippen molar-refractivity contribution in [2.75, 3.05) is 27.9 Å². The largest absolute Gasteiger partial charge is 0.500 e. The standard InChI is InChI=1S/C9H21NO3Si/c1-5-7-10-8-6-9-14(11-2,12-3)13-4/h5,7,10H,6,8-9H2,1-4H3. The third-order valence-corrected chi connectivity index (χ3v) is 4.85. The Morgan fingerprint density at radius 3 is 2.14 bits per heavy atom. The minimum atomic E-state index is -2.34. The third kappa shape index (κ3) is 4.76. The molecule has 1 N–H and O–H groups in total. The lowest BCUT2D eigenvalue weighted by Crippen LogP contribution is -2.43. The van der Waals surface area contributed by atoms with Gasteiger partial charge in [0.2, 0.25) is 0 Å². The SMILES string of the molecule is CC=CNCCC[Si](OC)(OC)OC. The number of hydrogen-bond donors (Lipinski definition) is 1. The molecule has 0 aliphatic heterocycles.